The normalized spacial score (nSPS) is 17.1. The van der Waals surface area contributed by atoms with Crippen molar-refractivity contribution in [2.75, 3.05) is 5.73 Å². The molecule has 1 aromatic heterocycles. The molecule has 4 heteroatoms. The molecule has 20 heavy (non-hydrogen) atoms. The van der Waals surface area contributed by atoms with Gasteiger partial charge in [-0.25, -0.2) is 9.07 Å². The highest BCUT2D eigenvalue weighted by Crippen LogP contribution is 2.30. The summed E-state index contributed by atoms with van der Waals surface area (Å²) < 4.78 is 15.2. The summed E-state index contributed by atoms with van der Waals surface area (Å²) in [6, 6.07) is 8.74. The second kappa shape index (κ2) is 5.65. The fourth-order valence-electron chi connectivity index (χ4n) is 2.99. The molecule has 3 nitrogen and oxygen atoms in total. The van der Waals surface area contributed by atoms with Gasteiger partial charge in [0.15, 0.2) is 0 Å². The summed E-state index contributed by atoms with van der Waals surface area (Å²) in [5, 5.41) is 4.61. The lowest BCUT2D eigenvalue weighted by Gasteiger charge is -2.16. The van der Waals surface area contributed by atoms with Crippen LogP contribution in [0.5, 0.6) is 0 Å². The maximum Gasteiger partial charge on any atom is 0.123 e. The number of nitrogens with two attached hydrogens (primary N) is 1. The maximum absolute atomic E-state index is 13.3. The predicted octanol–water partition coefficient (Wildman–Crippen LogP) is 4.17. The van der Waals surface area contributed by atoms with Gasteiger partial charge in [0.2, 0.25) is 0 Å². The summed E-state index contributed by atoms with van der Waals surface area (Å²) in [5.41, 5.74) is 7.64. The van der Waals surface area contributed by atoms with Crippen molar-refractivity contribution in [1.29, 1.82) is 0 Å². The van der Waals surface area contributed by atoms with Crippen LogP contribution in [-0.4, -0.2) is 9.78 Å². The van der Waals surface area contributed by atoms with Gasteiger partial charge < -0.3 is 5.73 Å². The Morgan fingerprint density at radius 3 is 2.55 bits per heavy atom. The Labute approximate surface area is 118 Å². The van der Waals surface area contributed by atoms with E-state index >= 15 is 0 Å². The molecule has 0 spiro atoms. The van der Waals surface area contributed by atoms with Crippen molar-refractivity contribution in [3.63, 3.8) is 0 Å². The number of benzene rings is 1. The Bertz CT molecular complexity index is 583. The smallest absolute Gasteiger partial charge is 0.123 e. The van der Waals surface area contributed by atoms with Gasteiger partial charge in [0.25, 0.3) is 0 Å². The van der Waals surface area contributed by atoms with E-state index in [-0.39, 0.29) is 5.82 Å². The van der Waals surface area contributed by atoms with Crippen molar-refractivity contribution in [2.24, 2.45) is 0 Å². The van der Waals surface area contributed by atoms with Crippen LogP contribution in [0.3, 0.4) is 0 Å². The topological polar surface area (TPSA) is 43.8 Å². The Hall–Kier alpha value is -1.84. The largest absolute Gasteiger partial charge is 0.384 e. The molecule has 1 fully saturated rings. The lowest BCUT2D eigenvalue weighted by Crippen LogP contribution is -2.12. The first-order chi connectivity index (χ1) is 9.74. The summed E-state index contributed by atoms with van der Waals surface area (Å²) in [5.74, 6) is 0.432. The van der Waals surface area contributed by atoms with Crippen LogP contribution in [-0.2, 0) is 0 Å². The fourth-order valence-corrected chi connectivity index (χ4v) is 2.99. The van der Waals surface area contributed by atoms with Crippen LogP contribution in [0, 0.1) is 5.82 Å². The third kappa shape index (κ3) is 2.69. The zero-order valence-corrected chi connectivity index (χ0v) is 11.6. The third-order valence-electron chi connectivity index (χ3n) is 4.06. The average molecular weight is 273 g/mol. The van der Waals surface area contributed by atoms with Crippen LogP contribution in [0.15, 0.2) is 30.3 Å². The first-order valence-corrected chi connectivity index (χ1v) is 7.35. The zero-order chi connectivity index (χ0) is 13.9. The highest BCUT2D eigenvalue weighted by Gasteiger charge is 2.18. The Kier molecular flexibility index (Phi) is 3.72. The van der Waals surface area contributed by atoms with Gasteiger partial charge in [-0.15, -0.1) is 0 Å². The fraction of sp³-hybridized carbons (Fsp3) is 0.438. The number of nitrogen functional groups attached to an aromatic ring is 1. The van der Waals surface area contributed by atoms with Crippen molar-refractivity contribution in [2.45, 2.75) is 44.6 Å². The van der Waals surface area contributed by atoms with Crippen molar-refractivity contribution in [3.8, 4) is 11.3 Å². The minimum Gasteiger partial charge on any atom is -0.384 e. The van der Waals surface area contributed by atoms with Crippen LogP contribution in [0.4, 0.5) is 10.2 Å². The van der Waals surface area contributed by atoms with E-state index in [0.29, 0.717) is 11.9 Å². The van der Waals surface area contributed by atoms with Crippen LogP contribution < -0.4 is 5.73 Å². The van der Waals surface area contributed by atoms with E-state index in [1.165, 1.54) is 37.8 Å². The lowest BCUT2D eigenvalue weighted by molar-refractivity contribution is 0.412. The van der Waals surface area contributed by atoms with E-state index in [2.05, 4.69) is 5.10 Å². The molecule has 0 atom stereocenters. The SMILES string of the molecule is Nc1cc(-c2cccc(F)c2)nn1C1CCCCCC1. The molecule has 0 bridgehead atoms. The number of nitrogens with zero attached hydrogens (tertiary/aromatic N) is 2. The van der Waals surface area contributed by atoms with Crippen LogP contribution in [0.2, 0.25) is 0 Å². The molecular formula is C16H20FN3. The first kappa shape index (κ1) is 13.2. The summed E-state index contributed by atoms with van der Waals surface area (Å²) >= 11 is 0. The van der Waals surface area contributed by atoms with Crippen molar-refractivity contribution in [3.05, 3.63) is 36.1 Å². The highest BCUT2D eigenvalue weighted by molar-refractivity contribution is 5.62. The molecule has 1 aliphatic rings. The standard InChI is InChI=1S/C16H20FN3/c17-13-7-5-6-12(10-13)15-11-16(18)20(19-15)14-8-3-1-2-4-9-14/h5-7,10-11,14H,1-4,8-9,18H2. The van der Waals surface area contributed by atoms with Gasteiger partial charge >= 0.3 is 0 Å². The molecule has 3 rings (SSSR count). The summed E-state index contributed by atoms with van der Waals surface area (Å²) in [6.45, 7) is 0. The molecule has 106 valence electrons. The van der Waals surface area contributed by atoms with Crippen LogP contribution in [0.1, 0.15) is 44.6 Å². The van der Waals surface area contributed by atoms with Crippen molar-refractivity contribution in [1.82, 2.24) is 9.78 Å². The Balaban J connectivity index is 1.90. The molecule has 0 aliphatic heterocycles. The molecule has 2 aromatic rings. The van der Waals surface area contributed by atoms with E-state index in [9.17, 15) is 4.39 Å². The van der Waals surface area contributed by atoms with Crippen molar-refractivity contribution >= 4 is 5.82 Å². The maximum atomic E-state index is 13.3. The summed E-state index contributed by atoms with van der Waals surface area (Å²) in [6.07, 6.45) is 7.34. The monoisotopic (exact) mass is 273 g/mol. The van der Waals surface area contributed by atoms with Crippen LogP contribution in [0.25, 0.3) is 11.3 Å². The second-order valence-corrected chi connectivity index (χ2v) is 5.55. The highest BCUT2D eigenvalue weighted by atomic mass is 19.1. The van der Waals surface area contributed by atoms with Gasteiger partial charge in [-0.2, -0.15) is 5.10 Å². The molecular weight excluding hydrogens is 253 g/mol. The quantitative estimate of drug-likeness (QED) is 0.835. The lowest BCUT2D eigenvalue weighted by atomic mass is 10.1. The van der Waals surface area contributed by atoms with Crippen LogP contribution >= 0.6 is 0 Å². The molecule has 0 unspecified atom stereocenters. The molecule has 0 radical (unpaired) electrons. The molecule has 1 aliphatic carbocycles. The second-order valence-electron chi connectivity index (χ2n) is 5.55. The Morgan fingerprint density at radius 2 is 1.85 bits per heavy atom. The molecule has 1 saturated carbocycles. The van der Waals surface area contributed by atoms with Gasteiger partial charge in [0.05, 0.1) is 11.7 Å². The van der Waals surface area contributed by atoms with E-state index in [1.807, 2.05) is 16.8 Å². The summed E-state index contributed by atoms with van der Waals surface area (Å²) in [4.78, 5) is 0. The third-order valence-corrected chi connectivity index (χ3v) is 4.06. The van der Waals surface area contributed by atoms with Gasteiger partial charge in [0.1, 0.15) is 11.6 Å². The minimum absolute atomic E-state index is 0.245. The number of halogens is 1. The van der Waals surface area contributed by atoms with E-state index in [4.69, 9.17) is 5.73 Å². The number of anilines is 1. The van der Waals surface area contributed by atoms with Gasteiger partial charge in [0, 0.05) is 11.6 Å². The van der Waals surface area contributed by atoms with Gasteiger partial charge in [-0.05, 0) is 25.0 Å². The predicted molar refractivity (Wildman–Crippen MR) is 78.8 cm³/mol. The van der Waals surface area contributed by atoms with E-state index < -0.39 is 0 Å². The molecule has 2 N–H and O–H groups in total. The number of rotatable bonds is 2. The molecule has 0 amide bonds. The number of hydrogen-bond donors (Lipinski definition) is 1. The Morgan fingerprint density at radius 1 is 1.10 bits per heavy atom. The molecule has 1 aromatic carbocycles. The minimum atomic E-state index is -0.245. The van der Waals surface area contributed by atoms with Crippen molar-refractivity contribution < 1.29 is 4.39 Å². The number of aromatic nitrogens is 2. The van der Waals surface area contributed by atoms with E-state index in [0.717, 1.165) is 24.1 Å². The average Bonchev–Trinajstić information content (AvgIpc) is 2.66. The van der Waals surface area contributed by atoms with Gasteiger partial charge in [-0.3, -0.25) is 0 Å². The van der Waals surface area contributed by atoms with E-state index in [1.54, 1.807) is 6.07 Å². The molecule has 1 heterocycles. The summed E-state index contributed by atoms with van der Waals surface area (Å²) in [7, 11) is 0. The zero-order valence-electron chi connectivity index (χ0n) is 11.6. The first-order valence-electron chi connectivity index (χ1n) is 7.35. The number of hydrogen-bond acceptors (Lipinski definition) is 2. The molecule has 0 saturated heterocycles. The van der Waals surface area contributed by atoms with Gasteiger partial charge in [-0.1, -0.05) is 37.8 Å².